The Kier molecular flexibility index (Phi) is 4.40. The molecule has 0 bridgehead atoms. The molecule has 0 heterocycles. The van der Waals surface area contributed by atoms with E-state index in [9.17, 15) is 13.6 Å². The Morgan fingerprint density at radius 1 is 1.25 bits per heavy atom. The highest BCUT2D eigenvalue weighted by Gasteiger charge is 2.13. The van der Waals surface area contributed by atoms with Gasteiger partial charge in [-0.25, -0.2) is 8.78 Å². The fraction of sp³-hybridized carbons (Fsp3) is 0.0714. The number of hydrogen-bond acceptors (Lipinski definition) is 1. The summed E-state index contributed by atoms with van der Waals surface area (Å²) in [6.07, 6.45) is 0. The highest BCUT2D eigenvalue weighted by molar-refractivity contribution is 9.10. The Morgan fingerprint density at radius 3 is 2.60 bits per heavy atom. The summed E-state index contributed by atoms with van der Waals surface area (Å²) in [5.74, 6) is -1.43. The maximum Gasteiger partial charge on any atom is 0.257 e. The van der Waals surface area contributed by atoms with Crippen molar-refractivity contribution in [1.29, 1.82) is 0 Å². The van der Waals surface area contributed by atoms with Crippen molar-refractivity contribution in [3.63, 3.8) is 0 Å². The molecule has 104 valence electrons. The second-order valence-electron chi connectivity index (χ2n) is 4.16. The molecule has 1 N–H and O–H groups in total. The van der Waals surface area contributed by atoms with Crippen LogP contribution in [0.15, 0.2) is 34.8 Å². The standard InChI is InChI=1S/C14H9BrClF2NO/c1-7-4-12(18)10(15)6-13(7)19-14(20)9-3-2-8(17)5-11(9)16/h2-6H,1H3,(H,19,20). The molecule has 0 aliphatic carbocycles. The first kappa shape index (κ1) is 14.9. The zero-order valence-electron chi connectivity index (χ0n) is 10.3. The monoisotopic (exact) mass is 359 g/mol. The van der Waals surface area contributed by atoms with Crippen molar-refractivity contribution in [2.45, 2.75) is 6.92 Å². The molecule has 0 unspecified atom stereocenters. The van der Waals surface area contributed by atoms with Crippen LogP contribution in [0.4, 0.5) is 14.5 Å². The molecule has 0 saturated heterocycles. The summed E-state index contributed by atoms with van der Waals surface area (Å²) < 4.78 is 26.5. The first-order chi connectivity index (χ1) is 9.38. The van der Waals surface area contributed by atoms with Gasteiger partial charge in [0.05, 0.1) is 15.1 Å². The molecule has 2 aromatic rings. The fourth-order valence-electron chi connectivity index (χ4n) is 1.64. The van der Waals surface area contributed by atoms with Crippen molar-refractivity contribution in [3.05, 3.63) is 62.6 Å². The lowest BCUT2D eigenvalue weighted by Crippen LogP contribution is -2.13. The third-order valence-corrected chi connectivity index (χ3v) is 3.61. The summed E-state index contributed by atoms with van der Waals surface area (Å²) >= 11 is 8.87. The Bertz CT molecular complexity index is 691. The van der Waals surface area contributed by atoms with E-state index in [1.54, 1.807) is 6.92 Å². The zero-order valence-corrected chi connectivity index (χ0v) is 12.6. The number of halogens is 4. The number of rotatable bonds is 2. The lowest BCUT2D eigenvalue weighted by atomic mass is 10.1. The Balaban J connectivity index is 2.30. The highest BCUT2D eigenvalue weighted by atomic mass is 79.9. The van der Waals surface area contributed by atoms with Crippen LogP contribution in [0.25, 0.3) is 0 Å². The summed E-state index contributed by atoms with van der Waals surface area (Å²) in [4.78, 5) is 12.1. The topological polar surface area (TPSA) is 29.1 Å². The second-order valence-corrected chi connectivity index (χ2v) is 5.42. The lowest BCUT2D eigenvalue weighted by Gasteiger charge is -2.10. The van der Waals surface area contributed by atoms with Gasteiger partial charge in [-0.1, -0.05) is 11.6 Å². The predicted molar refractivity (Wildman–Crippen MR) is 78.2 cm³/mol. The molecular weight excluding hydrogens is 352 g/mol. The number of anilines is 1. The number of hydrogen-bond donors (Lipinski definition) is 1. The molecule has 20 heavy (non-hydrogen) atoms. The Morgan fingerprint density at radius 2 is 1.95 bits per heavy atom. The van der Waals surface area contributed by atoms with E-state index in [-0.39, 0.29) is 15.1 Å². The SMILES string of the molecule is Cc1cc(F)c(Br)cc1NC(=O)c1ccc(F)cc1Cl. The molecule has 1 amide bonds. The van der Waals surface area contributed by atoms with Gasteiger partial charge >= 0.3 is 0 Å². The van der Waals surface area contributed by atoms with Gasteiger partial charge in [-0.3, -0.25) is 4.79 Å². The molecule has 6 heteroatoms. The van der Waals surface area contributed by atoms with Crippen molar-refractivity contribution in [3.8, 4) is 0 Å². The third-order valence-electron chi connectivity index (χ3n) is 2.69. The molecule has 0 atom stereocenters. The van der Waals surface area contributed by atoms with E-state index >= 15 is 0 Å². The molecule has 0 radical (unpaired) electrons. The van der Waals surface area contributed by atoms with Gasteiger partial charge in [-0.2, -0.15) is 0 Å². The number of carbonyl (C=O) groups excluding carboxylic acids is 1. The Hall–Kier alpha value is -1.46. The number of nitrogens with one attached hydrogen (secondary N) is 1. The number of carbonyl (C=O) groups is 1. The van der Waals surface area contributed by atoms with Gasteiger partial charge in [0.2, 0.25) is 0 Å². The van der Waals surface area contributed by atoms with Crippen LogP contribution < -0.4 is 5.32 Å². The maximum absolute atomic E-state index is 13.3. The molecule has 0 saturated carbocycles. The van der Waals surface area contributed by atoms with E-state index in [1.165, 1.54) is 18.2 Å². The minimum atomic E-state index is -0.521. The van der Waals surface area contributed by atoms with Gasteiger partial charge in [0, 0.05) is 5.69 Å². The van der Waals surface area contributed by atoms with E-state index in [4.69, 9.17) is 11.6 Å². The van der Waals surface area contributed by atoms with Crippen LogP contribution >= 0.6 is 27.5 Å². The van der Waals surface area contributed by atoms with Crippen LogP contribution in [-0.2, 0) is 0 Å². The van der Waals surface area contributed by atoms with Crippen molar-refractivity contribution in [2.24, 2.45) is 0 Å². The largest absolute Gasteiger partial charge is 0.322 e. The fourth-order valence-corrected chi connectivity index (χ4v) is 2.24. The minimum absolute atomic E-state index is 0.0151. The van der Waals surface area contributed by atoms with E-state index in [2.05, 4.69) is 21.2 Å². The molecule has 2 aromatic carbocycles. The molecule has 0 spiro atoms. The Labute approximate surface area is 127 Å². The van der Waals surface area contributed by atoms with Gasteiger partial charge in [0.25, 0.3) is 5.91 Å². The average Bonchev–Trinajstić information content (AvgIpc) is 2.35. The van der Waals surface area contributed by atoms with Gasteiger partial charge < -0.3 is 5.32 Å². The minimum Gasteiger partial charge on any atom is -0.322 e. The summed E-state index contributed by atoms with van der Waals surface area (Å²) in [7, 11) is 0. The van der Waals surface area contributed by atoms with Crippen molar-refractivity contribution < 1.29 is 13.6 Å². The number of aryl methyl sites for hydroxylation is 1. The summed E-state index contributed by atoms with van der Waals surface area (Å²) in [5, 5.41) is 2.63. The quantitative estimate of drug-likeness (QED) is 0.807. The first-order valence-electron chi connectivity index (χ1n) is 5.60. The predicted octanol–water partition coefficient (Wildman–Crippen LogP) is 4.94. The average molecular weight is 361 g/mol. The third kappa shape index (κ3) is 3.16. The number of amides is 1. The van der Waals surface area contributed by atoms with Gasteiger partial charge in [0.15, 0.2) is 0 Å². The number of benzene rings is 2. The molecule has 2 rings (SSSR count). The smallest absolute Gasteiger partial charge is 0.257 e. The second kappa shape index (κ2) is 5.89. The maximum atomic E-state index is 13.3. The van der Waals surface area contributed by atoms with E-state index in [0.717, 1.165) is 12.1 Å². The molecule has 0 aliphatic heterocycles. The van der Waals surface area contributed by atoms with Gasteiger partial charge in [-0.15, -0.1) is 0 Å². The normalized spacial score (nSPS) is 10.4. The van der Waals surface area contributed by atoms with E-state index in [0.29, 0.717) is 11.3 Å². The zero-order chi connectivity index (χ0) is 14.9. The van der Waals surface area contributed by atoms with Crippen LogP contribution in [0, 0.1) is 18.6 Å². The first-order valence-corrected chi connectivity index (χ1v) is 6.77. The van der Waals surface area contributed by atoms with Crippen LogP contribution in [0.3, 0.4) is 0 Å². The van der Waals surface area contributed by atoms with Crippen LogP contribution in [0.2, 0.25) is 5.02 Å². The van der Waals surface area contributed by atoms with Gasteiger partial charge in [-0.05, 0) is 58.7 Å². The van der Waals surface area contributed by atoms with Crippen LogP contribution in [0.5, 0.6) is 0 Å². The molecule has 2 nitrogen and oxygen atoms in total. The van der Waals surface area contributed by atoms with Crippen LogP contribution in [0.1, 0.15) is 15.9 Å². The molecule has 0 aromatic heterocycles. The lowest BCUT2D eigenvalue weighted by molar-refractivity contribution is 0.102. The van der Waals surface area contributed by atoms with Crippen molar-refractivity contribution in [2.75, 3.05) is 5.32 Å². The molecule has 0 fully saturated rings. The summed E-state index contributed by atoms with van der Waals surface area (Å²) in [6.45, 7) is 1.66. The highest BCUT2D eigenvalue weighted by Crippen LogP contribution is 2.25. The van der Waals surface area contributed by atoms with E-state index in [1.807, 2.05) is 0 Å². The van der Waals surface area contributed by atoms with Gasteiger partial charge in [0.1, 0.15) is 11.6 Å². The van der Waals surface area contributed by atoms with E-state index < -0.39 is 17.5 Å². The molecular formula is C14H9BrClF2NO. The summed E-state index contributed by atoms with van der Waals surface area (Å²) in [6, 6.07) is 6.25. The summed E-state index contributed by atoms with van der Waals surface area (Å²) in [5.41, 5.74) is 1.16. The van der Waals surface area contributed by atoms with Crippen LogP contribution in [-0.4, -0.2) is 5.91 Å². The van der Waals surface area contributed by atoms with Crippen molar-refractivity contribution in [1.82, 2.24) is 0 Å². The molecule has 0 aliphatic rings. The van der Waals surface area contributed by atoms with Crippen molar-refractivity contribution >= 4 is 39.1 Å².